The zero-order valence-electron chi connectivity index (χ0n) is 16.4. The molecule has 7 heteroatoms. The Hall–Kier alpha value is -1.02. The monoisotopic (exact) mass is 538 g/mol. The van der Waals surface area contributed by atoms with E-state index in [0.717, 1.165) is 45.7 Å². The van der Waals surface area contributed by atoms with Crippen molar-refractivity contribution in [1.29, 1.82) is 0 Å². The van der Waals surface area contributed by atoms with Crippen molar-refractivity contribution in [3.63, 3.8) is 0 Å². The Kier molecular flexibility index (Phi) is 6.04. The van der Waals surface area contributed by atoms with E-state index < -0.39 is 10.0 Å². The fourth-order valence-corrected chi connectivity index (χ4v) is 6.96. The van der Waals surface area contributed by atoms with E-state index in [4.69, 9.17) is 4.98 Å². The second-order valence-electron chi connectivity index (χ2n) is 7.94. The molecule has 1 fully saturated rings. The van der Waals surface area contributed by atoms with E-state index in [1.54, 1.807) is 4.31 Å². The lowest BCUT2D eigenvalue weighted by Gasteiger charge is -2.36. The van der Waals surface area contributed by atoms with Crippen molar-refractivity contribution < 1.29 is 8.42 Å². The maximum atomic E-state index is 12.2. The summed E-state index contributed by atoms with van der Waals surface area (Å²) in [7, 11) is -3.36. The second kappa shape index (κ2) is 8.25. The Morgan fingerprint density at radius 2 is 1.83 bits per heavy atom. The first-order valence-corrected chi connectivity index (χ1v) is 12.9. The van der Waals surface area contributed by atoms with Gasteiger partial charge in [0.25, 0.3) is 0 Å². The lowest BCUT2D eigenvalue weighted by molar-refractivity contribution is 0.256. The number of pyridine rings is 1. The standard InChI is InChI=1S/C22H24Br2N2O2S/c1-3-29(27,28)26-8-6-15(7-9-26)21-20-16(10-14(2)11-19(20)24)4-5-17-12-18(23)13-25-22(17)21/h3,10-13,15,21H,1,4-9H2,2H3. The molecule has 0 saturated carbocycles. The Balaban J connectivity index is 1.77. The van der Waals surface area contributed by atoms with Gasteiger partial charge in [-0.15, -0.1) is 0 Å². The molecule has 2 aliphatic rings. The van der Waals surface area contributed by atoms with Gasteiger partial charge in [-0.05, 0) is 88.8 Å². The summed E-state index contributed by atoms with van der Waals surface area (Å²) in [5, 5.41) is 1.06. The van der Waals surface area contributed by atoms with Crippen LogP contribution in [-0.4, -0.2) is 30.8 Å². The largest absolute Gasteiger partial charge is 0.259 e. The number of piperidine rings is 1. The van der Waals surface area contributed by atoms with Crippen LogP contribution >= 0.6 is 31.9 Å². The number of hydrogen-bond acceptors (Lipinski definition) is 3. The third-order valence-corrected chi connectivity index (χ3v) is 8.73. The Morgan fingerprint density at radius 3 is 2.52 bits per heavy atom. The van der Waals surface area contributed by atoms with E-state index in [2.05, 4.69) is 63.6 Å². The molecule has 0 amide bonds. The van der Waals surface area contributed by atoms with E-state index in [-0.39, 0.29) is 5.92 Å². The first kappa shape index (κ1) is 21.2. The summed E-state index contributed by atoms with van der Waals surface area (Å²) in [6.45, 7) is 6.65. The first-order valence-electron chi connectivity index (χ1n) is 9.86. The van der Waals surface area contributed by atoms with Gasteiger partial charge in [-0.1, -0.05) is 28.6 Å². The van der Waals surface area contributed by atoms with Crippen molar-refractivity contribution in [3.05, 3.63) is 73.3 Å². The predicted octanol–water partition coefficient (Wildman–Crippen LogP) is 5.33. The van der Waals surface area contributed by atoms with Gasteiger partial charge in [0.1, 0.15) is 0 Å². The summed E-state index contributed by atoms with van der Waals surface area (Å²) in [5.74, 6) is 0.508. The summed E-state index contributed by atoms with van der Waals surface area (Å²) in [6.07, 6.45) is 5.46. The lowest BCUT2D eigenvalue weighted by atomic mass is 9.76. The summed E-state index contributed by atoms with van der Waals surface area (Å²) in [5.41, 5.74) is 6.38. The molecule has 29 heavy (non-hydrogen) atoms. The van der Waals surface area contributed by atoms with Crippen LogP contribution in [0.1, 0.15) is 46.7 Å². The predicted molar refractivity (Wildman–Crippen MR) is 123 cm³/mol. The van der Waals surface area contributed by atoms with Crippen LogP contribution in [0.25, 0.3) is 0 Å². The second-order valence-corrected chi connectivity index (χ2v) is 11.6. The van der Waals surface area contributed by atoms with Crippen LogP contribution in [0.15, 0.2) is 45.3 Å². The fraction of sp³-hybridized carbons (Fsp3) is 0.409. The number of halogens is 2. The third-order valence-electron chi connectivity index (χ3n) is 6.14. The lowest BCUT2D eigenvalue weighted by Crippen LogP contribution is -2.39. The van der Waals surface area contributed by atoms with E-state index >= 15 is 0 Å². The van der Waals surface area contributed by atoms with Gasteiger partial charge in [0.05, 0.1) is 5.69 Å². The number of benzene rings is 1. The molecule has 1 aromatic heterocycles. The highest BCUT2D eigenvalue weighted by atomic mass is 79.9. The van der Waals surface area contributed by atoms with Crippen molar-refractivity contribution >= 4 is 41.9 Å². The van der Waals surface area contributed by atoms with Gasteiger partial charge in [-0.2, -0.15) is 4.31 Å². The minimum Gasteiger partial charge on any atom is -0.259 e. The molecule has 4 nitrogen and oxygen atoms in total. The molecular weight excluding hydrogens is 516 g/mol. The van der Waals surface area contributed by atoms with Crippen molar-refractivity contribution in [2.45, 2.75) is 38.5 Å². The molecule has 0 bridgehead atoms. The zero-order valence-corrected chi connectivity index (χ0v) is 20.4. The summed E-state index contributed by atoms with van der Waals surface area (Å²) in [6, 6.07) is 6.68. The molecule has 0 spiro atoms. The van der Waals surface area contributed by atoms with Crippen LogP contribution in [-0.2, 0) is 22.9 Å². The molecule has 154 valence electrons. The smallest absolute Gasteiger partial charge is 0.235 e. The van der Waals surface area contributed by atoms with Gasteiger partial charge >= 0.3 is 0 Å². The van der Waals surface area contributed by atoms with Gasteiger partial charge < -0.3 is 0 Å². The molecule has 1 unspecified atom stereocenters. The van der Waals surface area contributed by atoms with Crippen LogP contribution in [0.5, 0.6) is 0 Å². The molecule has 1 atom stereocenters. The molecule has 2 heterocycles. The van der Waals surface area contributed by atoms with E-state index in [0.29, 0.717) is 19.0 Å². The number of hydrogen-bond donors (Lipinski definition) is 0. The van der Waals surface area contributed by atoms with Crippen molar-refractivity contribution in [2.75, 3.05) is 13.1 Å². The normalized spacial score (nSPS) is 20.6. The molecule has 1 aliphatic carbocycles. The Labute approximate surface area is 189 Å². The van der Waals surface area contributed by atoms with Crippen LogP contribution in [0.4, 0.5) is 0 Å². The topological polar surface area (TPSA) is 50.3 Å². The average Bonchev–Trinajstić information content (AvgIpc) is 2.85. The molecule has 2 aromatic rings. The van der Waals surface area contributed by atoms with Crippen LogP contribution < -0.4 is 0 Å². The van der Waals surface area contributed by atoms with Crippen LogP contribution in [0, 0.1) is 12.8 Å². The van der Waals surface area contributed by atoms with Gasteiger partial charge in [0.2, 0.25) is 10.0 Å². The van der Waals surface area contributed by atoms with Crippen molar-refractivity contribution in [2.24, 2.45) is 5.92 Å². The summed E-state index contributed by atoms with van der Waals surface area (Å²) in [4.78, 5) is 4.87. The number of aryl methyl sites for hydroxylation is 3. The number of rotatable bonds is 3. The van der Waals surface area contributed by atoms with Gasteiger partial charge in [-0.3, -0.25) is 4.98 Å². The fourth-order valence-electron chi connectivity index (χ4n) is 4.79. The SMILES string of the molecule is C=CS(=O)(=O)N1CCC(C2c3ncc(Br)cc3CCc3cc(C)cc(Br)c32)CC1. The summed E-state index contributed by atoms with van der Waals surface area (Å²) < 4.78 is 28.1. The highest BCUT2D eigenvalue weighted by Crippen LogP contribution is 2.45. The van der Waals surface area contributed by atoms with Crippen LogP contribution in [0.3, 0.4) is 0 Å². The number of nitrogens with zero attached hydrogens (tertiary/aromatic N) is 2. The quantitative estimate of drug-likeness (QED) is 0.529. The molecule has 1 saturated heterocycles. The first-order chi connectivity index (χ1) is 13.8. The molecule has 1 aromatic carbocycles. The minimum atomic E-state index is -3.36. The average molecular weight is 540 g/mol. The van der Waals surface area contributed by atoms with E-state index in [1.807, 2.05) is 6.20 Å². The number of aromatic nitrogens is 1. The maximum Gasteiger partial charge on any atom is 0.235 e. The summed E-state index contributed by atoms with van der Waals surface area (Å²) >= 11 is 7.42. The molecule has 1 aliphatic heterocycles. The zero-order chi connectivity index (χ0) is 20.8. The molecule has 0 N–H and O–H groups in total. The number of sulfonamides is 1. The molecule has 4 rings (SSSR count). The van der Waals surface area contributed by atoms with Crippen molar-refractivity contribution in [3.8, 4) is 0 Å². The van der Waals surface area contributed by atoms with Crippen molar-refractivity contribution in [1.82, 2.24) is 9.29 Å². The van der Waals surface area contributed by atoms with Gasteiger partial charge in [0.15, 0.2) is 0 Å². The van der Waals surface area contributed by atoms with Crippen LogP contribution in [0.2, 0.25) is 0 Å². The number of fused-ring (bicyclic) bond motifs is 2. The minimum absolute atomic E-state index is 0.166. The Morgan fingerprint density at radius 1 is 1.14 bits per heavy atom. The van der Waals surface area contributed by atoms with E-state index in [9.17, 15) is 8.42 Å². The van der Waals surface area contributed by atoms with Gasteiger partial charge in [0, 0.05) is 39.6 Å². The highest BCUT2D eigenvalue weighted by Gasteiger charge is 2.37. The third kappa shape index (κ3) is 4.11. The van der Waals surface area contributed by atoms with E-state index in [1.165, 1.54) is 22.3 Å². The molecular formula is C22H24Br2N2O2S. The van der Waals surface area contributed by atoms with Gasteiger partial charge in [-0.25, -0.2) is 8.42 Å². The highest BCUT2D eigenvalue weighted by molar-refractivity contribution is 9.10. The molecule has 0 radical (unpaired) electrons. The Bertz CT molecular complexity index is 1060. The maximum absolute atomic E-state index is 12.2.